The standard InChI is InChI=1S/C22H25ClFN5O3S/c1-12(2)9-29-19-18(21(31)28(5)22(29)32)20(26-13(3)25-19)33-11-17(30)27(4)10-14-15(23)7-6-8-16(14)24/h6-8,12H,9-11H2,1-5H3. The summed E-state index contributed by atoms with van der Waals surface area (Å²) in [7, 11) is 2.96. The summed E-state index contributed by atoms with van der Waals surface area (Å²) in [5.41, 5.74) is -0.482. The second-order valence-electron chi connectivity index (χ2n) is 8.16. The van der Waals surface area contributed by atoms with Gasteiger partial charge in [-0.15, -0.1) is 0 Å². The quantitative estimate of drug-likeness (QED) is 0.371. The molecule has 3 rings (SSSR count). The normalized spacial score (nSPS) is 11.4. The highest BCUT2D eigenvalue weighted by Crippen LogP contribution is 2.24. The van der Waals surface area contributed by atoms with Crippen LogP contribution in [-0.4, -0.2) is 42.7 Å². The smallest absolute Gasteiger partial charge is 0.332 e. The van der Waals surface area contributed by atoms with Crippen molar-refractivity contribution in [2.45, 2.75) is 38.9 Å². The minimum Gasteiger partial charge on any atom is -0.341 e. The molecular formula is C22H25ClFN5O3S. The van der Waals surface area contributed by atoms with E-state index in [9.17, 15) is 18.8 Å². The molecule has 0 aliphatic heterocycles. The number of aryl methyl sites for hydroxylation is 1. The summed E-state index contributed by atoms with van der Waals surface area (Å²) in [6, 6.07) is 4.35. The number of carbonyl (C=O) groups excluding carboxylic acids is 1. The van der Waals surface area contributed by atoms with E-state index in [1.165, 1.54) is 28.6 Å². The molecule has 2 heterocycles. The maximum atomic E-state index is 14.1. The van der Waals surface area contributed by atoms with Crippen molar-refractivity contribution < 1.29 is 9.18 Å². The van der Waals surface area contributed by atoms with Crippen molar-refractivity contribution in [2.75, 3.05) is 12.8 Å². The van der Waals surface area contributed by atoms with Gasteiger partial charge in [0.1, 0.15) is 22.1 Å². The first-order valence-electron chi connectivity index (χ1n) is 10.3. The molecule has 0 saturated heterocycles. The number of hydrogen-bond acceptors (Lipinski definition) is 6. The van der Waals surface area contributed by atoms with Gasteiger partial charge in [-0.25, -0.2) is 19.2 Å². The van der Waals surface area contributed by atoms with Crippen LogP contribution >= 0.6 is 23.4 Å². The van der Waals surface area contributed by atoms with Gasteiger partial charge in [0.05, 0.1) is 5.75 Å². The van der Waals surface area contributed by atoms with Crippen molar-refractivity contribution >= 4 is 40.3 Å². The maximum absolute atomic E-state index is 14.1. The Bertz CT molecular complexity index is 1320. The molecule has 176 valence electrons. The van der Waals surface area contributed by atoms with Crippen LogP contribution in [-0.2, 0) is 24.9 Å². The van der Waals surface area contributed by atoms with E-state index in [0.29, 0.717) is 17.4 Å². The average molecular weight is 494 g/mol. The number of fused-ring (bicyclic) bond motifs is 1. The Labute approximate surface area is 199 Å². The lowest BCUT2D eigenvalue weighted by Crippen LogP contribution is -2.39. The fourth-order valence-corrected chi connectivity index (χ4v) is 4.55. The number of nitrogens with zero attached hydrogens (tertiary/aromatic N) is 5. The van der Waals surface area contributed by atoms with E-state index in [4.69, 9.17) is 11.6 Å². The predicted octanol–water partition coefficient (Wildman–Crippen LogP) is 3.00. The van der Waals surface area contributed by atoms with E-state index in [0.717, 1.165) is 16.3 Å². The molecule has 11 heteroatoms. The first kappa shape index (κ1) is 24.9. The Kier molecular flexibility index (Phi) is 7.58. The molecule has 3 aromatic rings. The van der Waals surface area contributed by atoms with Gasteiger partial charge in [0.25, 0.3) is 5.56 Å². The Balaban J connectivity index is 1.93. The topological polar surface area (TPSA) is 90.1 Å². The number of thioether (sulfide) groups is 1. The summed E-state index contributed by atoms with van der Waals surface area (Å²) in [5.74, 6) is -0.292. The van der Waals surface area contributed by atoms with Crippen molar-refractivity contribution in [3.63, 3.8) is 0 Å². The first-order valence-corrected chi connectivity index (χ1v) is 11.7. The molecular weight excluding hydrogens is 469 g/mol. The van der Waals surface area contributed by atoms with Crippen LogP contribution < -0.4 is 11.2 Å². The van der Waals surface area contributed by atoms with Crippen LogP contribution in [0.1, 0.15) is 25.2 Å². The lowest BCUT2D eigenvalue weighted by molar-refractivity contribution is -0.127. The van der Waals surface area contributed by atoms with Crippen molar-refractivity contribution in [1.82, 2.24) is 24.0 Å². The van der Waals surface area contributed by atoms with E-state index >= 15 is 0 Å². The number of halogens is 2. The van der Waals surface area contributed by atoms with Gasteiger partial charge in [-0.3, -0.25) is 18.7 Å². The zero-order chi connectivity index (χ0) is 24.4. The summed E-state index contributed by atoms with van der Waals surface area (Å²) in [5, 5.41) is 0.758. The fraction of sp³-hybridized carbons (Fsp3) is 0.409. The lowest BCUT2D eigenvalue weighted by Gasteiger charge is -2.19. The van der Waals surface area contributed by atoms with Crippen molar-refractivity contribution in [3.05, 3.63) is 61.3 Å². The summed E-state index contributed by atoms with van der Waals surface area (Å²) >= 11 is 7.14. The fourth-order valence-electron chi connectivity index (χ4n) is 3.32. The van der Waals surface area contributed by atoms with Gasteiger partial charge in [0, 0.05) is 37.8 Å². The first-order chi connectivity index (χ1) is 15.5. The van der Waals surface area contributed by atoms with Gasteiger partial charge < -0.3 is 4.90 Å². The number of aromatic nitrogens is 4. The Morgan fingerprint density at radius 2 is 1.97 bits per heavy atom. The molecule has 8 nitrogen and oxygen atoms in total. The highest BCUT2D eigenvalue weighted by atomic mass is 35.5. The third kappa shape index (κ3) is 5.27. The van der Waals surface area contributed by atoms with E-state index in [1.54, 1.807) is 20.0 Å². The molecule has 0 atom stereocenters. The second-order valence-corrected chi connectivity index (χ2v) is 9.54. The average Bonchev–Trinajstić information content (AvgIpc) is 2.75. The maximum Gasteiger partial charge on any atom is 0.332 e. The third-order valence-electron chi connectivity index (χ3n) is 5.02. The number of hydrogen-bond donors (Lipinski definition) is 0. The van der Waals surface area contributed by atoms with Gasteiger partial charge in [0.2, 0.25) is 5.91 Å². The van der Waals surface area contributed by atoms with Crippen LogP contribution in [0.3, 0.4) is 0 Å². The van der Waals surface area contributed by atoms with Crippen LogP contribution in [0.2, 0.25) is 5.02 Å². The molecule has 0 spiro atoms. The molecule has 0 bridgehead atoms. The number of carbonyl (C=O) groups is 1. The van der Waals surface area contributed by atoms with E-state index < -0.39 is 17.1 Å². The minimum absolute atomic E-state index is 0.00411. The Hall–Kier alpha value is -2.72. The van der Waals surface area contributed by atoms with Crippen molar-refractivity contribution in [1.29, 1.82) is 0 Å². The third-order valence-corrected chi connectivity index (χ3v) is 6.34. The molecule has 0 aliphatic rings. The zero-order valence-corrected chi connectivity index (χ0v) is 20.6. The van der Waals surface area contributed by atoms with Crippen molar-refractivity contribution in [2.24, 2.45) is 13.0 Å². The molecule has 0 N–H and O–H groups in total. The van der Waals surface area contributed by atoms with E-state index in [-0.39, 0.29) is 45.7 Å². The Morgan fingerprint density at radius 3 is 2.61 bits per heavy atom. The molecule has 0 fully saturated rings. The molecule has 2 aromatic heterocycles. The molecule has 0 aliphatic carbocycles. The lowest BCUT2D eigenvalue weighted by atomic mass is 10.2. The van der Waals surface area contributed by atoms with E-state index in [2.05, 4.69) is 9.97 Å². The monoisotopic (exact) mass is 493 g/mol. The van der Waals surface area contributed by atoms with Gasteiger partial charge in [-0.05, 0) is 25.0 Å². The SMILES string of the molecule is Cc1nc(SCC(=O)N(C)Cc2c(F)cccc2Cl)c2c(=O)n(C)c(=O)n(CC(C)C)c2n1. The zero-order valence-electron chi connectivity index (χ0n) is 19.1. The summed E-state index contributed by atoms with van der Waals surface area (Å²) in [4.78, 5) is 48.5. The highest BCUT2D eigenvalue weighted by Gasteiger charge is 2.20. The van der Waals surface area contributed by atoms with E-state index in [1.807, 2.05) is 13.8 Å². The largest absolute Gasteiger partial charge is 0.341 e. The minimum atomic E-state index is -0.517. The van der Waals surface area contributed by atoms with Crippen molar-refractivity contribution in [3.8, 4) is 0 Å². The van der Waals surface area contributed by atoms with Gasteiger partial charge >= 0.3 is 5.69 Å². The number of rotatable bonds is 7. The van der Waals surface area contributed by atoms with Crippen LogP contribution in [0.15, 0.2) is 32.8 Å². The van der Waals surface area contributed by atoms with Crippen LogP contribution in [0.5, 0.6) is 0 Å². The summed E-state index contributed by atoms with van der Waals surface area (Å²) in [6.07, 6.45) is 0. The van der Waals surface area contributed by atoms with Crippen LogP contribution in [0.4, 0.5) is 4.39 Å². The Morgan fingerprint density at radius 1 is 1.27 bits per heavy atom. The summed E-state index contributed by atoms with van der Waals surface area (Å²) < 4.78 is 16.6. The molecule has 0 radical (unpaired) electrons. The molecule has 33 heavy (non-hydrogen) atoms. The van der Waals surface area contributed by atoms with Crippen LogP contribution in [0, 0.1) is 18.7 Å². The molecule has 1 amide bonds. The predicted molar refractivity (Wildman–Crippen MR) is 127 cm³/mol. The van der Waals surface area contributed by atoms with Gasteiger partial charge in [-0.1, -0.05) is 43.3 Å². The second kappa shape index (κ2) is 10.0. The van der Waals surface area contributed by atoms with Crippen LogP contribution in [0.25, 0.3) is 11.0 Å². The number of amides is 1. The van der Waals surface area contributed by atoms with Gasteiger partial charge in [-0.2, -0.15) is 0 Å². The van der Waals surface area contributed by atoms with Gasteiger partial charge in [0.15, 0.2) is 5.65 Å². The molecule has 1 aromatic carbocycles. The highest BCUT2D eigenvalue weighted by molar-refractivity contribution is 8.00. The summed E-state index contributed by atoms with van der Waals surface area (Å²) in [6.45, 7) is 5.98. The number of benzene rings is 1. The molecule has 0 unspecified atom stereocenters. The molecule has 0 saturated carbocycles.